The van der Waals surface area contributed by atoms with Crippen LogP contribution < -0.4 is 0 Å². The quantitative estimate of drug-likeness (QED) is 0.248. The van der Waals surface area contributed by atoms with Crippen molar-refractivity contribution in [3.8, 4) is 0 Å². The molecule has 2 aromatic carbocycles. The standard InChI is InChI=1S/C24H32N2/c1-3-5-7-8-10-22-13-17-24(18-14-22)20-26-25-19-23-15-11-21(12-16-23)9-6-4-2/h11-20H,3-10H2,1-2H3/b25-19+,26-20+. The zero-order valence-electron chi connectivity index (χ0n) is 16.3. The Labute approximate surface area is 159 Å². The summed E-state index contributed by atoms with van der Waals surface area (Å²) < 4.78 is 0. The van der Waals surface area contributed by atoms with Crippen molar-refractivity contribution in [1.29, 1.82) is 0 Å². The van der Waals surface area contributed by atoms with Gasteiger partial charge in [-0.25, -0.2) is 0 Å². The van der Waals surface area contributed by atoms with E-state index in [2.05, 4.69) is 72.6 Å². The predicted molar refractivity (Wildman–Crippen MR) is 115 cm³/mol. The summed E-state index contributed by atoms with van der Waals surface area (Å²) >= 11 is 0. The van der Waals surface area contributed by atoms with Gasteiger partial charge in [0.1, 0.15) is 0 Å². The highest BCUT2D eigenvalue weighted by Gasteiger charge is 1.95. The fourth-order valence-electron chi connectivity index (χ4n) is 2.88. The van der Waals surface area contributed by atoms with Crippen molar-refractivity contribution in [2.75, 3.05) is 0 Å². The summed E-state index contributed by atoms with van der Waals surface area (Å²) in [6, 6.07) is 17.2. The number of rotatable bonds is 11. The van der Waals surface area contributed by atoms with E-state index >= 15 is 0 Å². The lowest BCUT2D eigenvalue weighted by atomic mass is 10.1. The van der Waals surface area contributed by atoms with E-state index in [1.807, 2.05) is 12.4 Å². The molecule has 0 atom stereocenters. The van der Waals surface area contributed by atoms with Gasteiger partial charge in [0.15, 0.2) is 0 Å². The second kappa shape index (κ2) is 12.2. The number of hydrogen-bond acceptors (Lipinski definition) is 2. The van der Waals surface area contributed by atoms with Gasteiger partial charge in [-0.2, -0.15) is 10.2 Å². The van der Waals surface area contributed by atoms with Gasteiger partial charge < -0.3 is 0 Å². The average molecular weight is 349 g/mol. The molecule has 0 N–H and O–H groups in total. The van der Waals surface area contributed by atoms with Crippen molar-refractivity contribution in [2.45, 2.75) is 65.2 Å². The Morgan fingerprint density at radius 2 is 1.04 bits per heavy atom. The minimum atomic E-state index is 1.09. The molecule has 0 amide bonds. The van der Waals surface area contributed by atoms with Crippen LogP contribution in [0.5, 0.6) is 0 Å². The smallest absolute Gasteiger partial charge is 0.0568 e. The summed E-state index contributed by atoms with van der Waals surface area (Å²) in [5.74, 6) is 0. The third kappa shape index (κ3) is 7.77. The van der Waals surface area contributed by atoms with Gasteiger partial charge in [-0.3, -0.25) is 0 Å². The Morgan fingerprint density at radius 3 is 1.50 bits per heavy atom. The average Bonchev–Trinajstić information content (AvgIpc) is 2.69. The number of unbranched alkanes of at least 4 members (excludes halogenated alkanes) is 4. The van der Waals surface area contributed by atoms with Crippen molar-refractivity contribution < 1.29 is 0 Å². The van der Waals surface area contributed by atoms with Gasteiger partial charge in [-0.15, -0.1) is 0 Å². The molecule has 138 valence electrons. The second-order valence-corrected chi connectivity index (χ2v) is 6.89. The SMILES string of the molecule is CCCCCCc1ccc(/C=N/N=C/c2ccc(CCCC)cc2)cc1. The molecule has 0 spiro atoms. The molecule has 0 fully saturated rings. The van der Waals surface area contributed by atoms with Crippen LogP contribution in [0.15, 0.2) is 58.7 Å². The van der Waals surface area contributed by atoms with Crippen molar-refractivity contribution in [2.24, 2.45) is 10.2 Å². The molecular formula is C24H32N2. The van der Waals surface area contributed by atoms with E-state index in [-0.39, 0.29) is 0 Å². The Hall–Kier alpha value is -2.22. The summed E-state index contributed by atoms with van der Waals surface area (Å²) in [5.41, 5.74) is 4.98. The Morgan fingerprint density at radius 1 is 0.577 bits per heavy atom. The maximum atomic E-state index is 4.17. The summed E-state index contributed by atoms with van der Waals surface area (Å²) in [4.78, 5) is 0. The van der Waals surface area contributed by atoms with Gasteiger partial charge in [0.05, 0.1) is 12.4 Å². The summed E-state index contributed by atoms with van der Waals surface area (Å²) in [5, 5.41) is 8.34. The third-order valence-corrected chi connectivity index (χ3v) is 4.58. The fourth-order valence-corrected chi connectivity index (χ4v) is 2.88. The van der Waals surface area contributed by atoms with Crippen LogP contribution in [0.1, 0.15) is 74.6 Å². The number of nitrogens with zero attached hydrogens (tertiary/aromatic N) is 2. The van der Waals surface area contributed by atoms with E-state index < -0.39 is 0 Å². The number of benzene rings is 2. The summed E-state index contributed by atoms with van der Waals surface area (Å²) in [6.07, 6.45) is 13.7. The van der Waals surface area contributed by atoms with Crippen LogP contribution in [0.3, 0.4) is 0 Å². The first kappa shape index (κ1) is 20.1. The molecule has 0 aromatic heterocycles. The first-order valence-corrected chi connectivity index (χ1v) is 10.1. The molecule has 0 heterocycles. The molecule has 0 saturated carbocycles. The molecule has 2 nitrogen and oxygen atoms in total. The van der Waals surface area contributed by atoms with Gasteiger partial charge in [0.2, 0.25) is 0 Å². The predicted octanol–water partition coefficient (Wildman–Crippen LogP) is 6.61. The van der Waals surface area contributed by atoms with Crippen molar-refractivity contribution in [1.82, 2.24) is 0 Å². The molecule has 0 radical (unpaired) electrons. The molecule has 0 unspecified atom stereocenters. The van der Waals surface area contributed by atoms with E-state index in [0.29, 0.717) is 0 Å². The Balaban J connectivity index is 1.79. The minimum Gasteiger partial charge on any atom is -0.159 e. The van der Waals surface area contributed by atoms with Gasteiger partial charge in [0.25, 0.3) is 0 Å². The van der Waals surface area contributed by atoms with Crippen LogP contribution >= 0.6 is 0 Å². The van der Waals surface area contributed by atoms with E-state index in [9.17, 15) is 0 Å². The molecular weight excluding hydrogens is 316 g/mol. The van der Waals surface area contributed by atoms with Crippen molar-refractivity contribution >= 4 is 12.4 Å². The zero-order chi connectivity index (χ0) is 18.5. The van der Waals surface area contributed by atoms with Crippen LogP contribution in [0.4, 0.5) is 0 Å². The normalized spacial score (nSPS) is 11.6. The van der Waals surface area contributed by atoms with Crippen LogP contribution in [0.25, 0.3) is 0 Å². The van der Waals surface area contributed by atoms with Crippen LogP contribution in [0.2, 0.25) is 0 Å². The van der Waals surface area contributed by atoms with E-state index in [1.165, 1.54) is 56.1 Å². The highest BCUT2D eigenvalue weighted by Crippen LogP contribution is 2.09. The van der Waals surface area contributed by atoms with Gasteiger partial charge in [-0.05, 0) is 47.9 Å². The zero-order valence-corrected chi connectivity index (χ0v) is 16.3. The van der Waals surface area contributed by atoms with Crippen LogP contribution in [0, 0.1) is 0 Å². The first-order valence-electron chi connectivity index (χ1n) is 10.1. The highest BCUT2D eigenvalue weighted by atomic mass is 15.2. The molecule has 0 saturated heterocycles. The maximum Gasteiger partial charge on any atom is 0.0568 e. The number of hydrogen-bond donors (Lipinski definition) is 0. The van der Waals surface area contributed by atoms with Gasteiger partial charge in [-0.1, -0.05) is 88.1 Å². The lowest BCUT2D eigenvalue weighted by Crippen LogP contribution is -1.88. The topological polar surface area (TPSA) is 24.7 Å². The van der Waals surface area contributed by atoms with Crippen molar-refractivity contribution in [3.63, 3.8) is 0 Å². The lowest BCUT2D eigenvalue weighted by Gasteiger charge is -2.01. The minimum absolute atomic E-state index is 1.09. The van der Waals surface area contributed by atoms with Crippen LogP contribution in [-0.2, 0) is 12.8 Å². The monoisotopic (exact) mass is 348 g/mol. The lowest BCUT2D eigenvalue weighted by molar-refractivity contribution is 0.667. The highest BCUT2D eigenvalue weighted by molar-refractivity contribution is 5.82. The molecule has 0 aliphatic heterocycles. The van der Waals surface area contributed by atoms with Gasteiger partial charge >= 0.3 is 0 Å². The molecule has 2 rings (SSSR count). The van der Waals surface area contributed by atoms with Crippen LogP contribution in [-0.4, -0.2) is 12.4 Å². The Kier molecular flexibility index (Phi) is 9.42. The first-order chi connectivity index (χ1) is 12.8. The summed E-state index contributed by atoms with van der Waals surface area (Å²) in [6.45, 7) is 4.47. The Bertz CT molecular complexity index is 666. The molecule has 2 heteroatoms. The number of aryl methyl sites for hydroxylation is 2. The largest absolute Gasteiger partial charge is 0.159 e. The molecule has 2 aromatic rings. The van der Waals surface area contributed by atoms with Crippen molar-refractivity contribution in [3.05, 3.63) is 70.8 Å². The molecule has 0 aliphatic rings. The fraction of sp³-hybridized carbons (Fsp3) is 0.417. The third-order valence-electron chi connectivity index (χ3n) is 4.58. The molecule has 26 heavy (non-hydrogen) atoms. The van der Waals surface area contributed by atoms with E-state index in [0.717, 1.165) is 17.5 Å². The van der Waals surface area contributed by atoms with Gasteiger partial charge in [0, 0.05) is 0 Å². The second-order valence-electron chi connectivity index (χ2n) is 6.89. The van der Waals surface area contributed by atoms with E-state index in [4.69, 9.17) is 0 Å². The summed E-state index contributed by atoms with van der Waals surface area (Å²) in [7, 11) is 0. The van der Waals surface area contributed by atoms with E-state index in [1.54, 1.807) is 0 Å². The molecule has 0 aliphatic carbocycles. The molecule has 0 bridgehead atoms. The maximum absolute atomic E-state index is 4.17.